The molecule has 4 nitrogen and oxygen atoms in total. The fourth-order valence-electron chi connectivity index (χ4n) is 1.03. The van der Waals surface area contributed by atoms with Crippen LogP contribution in [-0.2, 0) is 0 Å². The molecule has 0 saturated heterocycles. The summed E-state index contributed by atoms with van der Waals surface area (Å²) < 4.78 is -0.0490. The fraction of sp³-hybridized carbons (Fsp3) is 0. The lowest BCUT2D eigenvalue weighted by molar-refractivity contribution is 1.33. The zero-order chi connectivity index (χ0) is 13.5. The Balaban J connectivity index is 2.99. The highest BCUT2D eigenvalue weighted by atomic mass is 35.5. The van der Waals surface area contributed by atoms with Crippen LogP contribution >= 0.6 is 34.8 Å². The van der Waals surface area contributed by atoms with Gasteiger partial charge in [-0.15, -0.1) is 0 Å². The second-order valence-corrected chi connectivity index (χ2v) is 4.28. The van der Waals surface area contributed by atoms with Gasteiger partial charge < -0.3 is 0 Å². The summed E-state index contributed by atoms with van der Waals surface area (Å²) in [5, 5.41) is 20.8. The van der Waals surface area contributed by atoms with Crippen molar-refractivity contribution in [2.24, 2.45) is 5.10 Å². The molecule has 1 rings (SSSR count). The number of nitrogens with one attached hydrogen (secondary N) is 1. The Kier molecular flexibility index (Phi) is 5.48. The summed E-state index contributed by atoms with van der Waals surface area (Å²) in [5.41, 5.74) is 3.41. The van der Waals surface area contributed by atoms with E-state index in [0.717, 1.165) is 0 Å². The van der Waals surface area contributed by atoms with E-state index < -0.39 is 0 Å². The second kappa shape index (κ2) is 6.88. The molecule has 0 atom stereocenters. The average Bonchev–Trinajstić information content (AvgIpc) is 2.39. The number of hydrogen-bond donors (Lipinski definition) is 1. The van der Waals surface area contributed by atoms with Crippen molar-refractivity contribution in [1.29, 1.82) is 10.5 Å². The molecule has 1 aromatic rings. The first-order valence-corrected chi connectivity index (χ1v) is 5.67. The monoisotopic (exact) mass is 298 g/mol. The predicted molar refractivity (Wildman–Crippen MR) is 73.2 cm³/mol. The molecule has 90 valence electrons. The van der Waals surface area contributed by atoms with E-state index in [1.54, 1.807) is 36.4 Å². The zero-order valence-electron chi connectivity index (χ0n) is 8.78. The molecular weight excluding hydrogens is 295 g/mol. The second-order valence-electron chi connectivity index (χ2n) is 2.95. The van der Waals surface area contributed by atoms with Crippen LogP contribution in [0, 0.1) is 22.7 Å². The van der Waals surface area contributed by atoms with Gasteiger partial charge in [0.15, 0.2) is 0 Å². The number of nitrogens with zero attached hydrogens (tertiary/aromatic N) is 3. The standard InChI is InChI=1S/C11H5Cl3N4/c12-10(11(13)14)7-2-1-3-8(4-7)17-18-9(5-15)6-16/h1-4,17H. The van der Waals surface area contributed by atoms with Crippen molar-refractivity contribution in [3.8, 4) is 12.1 Å². The molecule has 0 unspecified atom stereocenters. The molecule has 18 heavy (non-hydrogen) atoms. The maximum absolute atomic E-state index is 8.51. The third-order valence-corrected chi connectivity index (χ3v) is 2.77. The molecule has 0 heterocycles. The summed E-state index contributed by atoms with van der Waals surface area (Å²) in [4.78, 5) is 0. The smallest absolute Gasteiger partial charge is 0.237 e. The third kappa shape index (κ3) is 3.94. The minimum absolute atomic E-state index is 0.0490. The fourth-order valence-corrected chi connectivity index (χ4v) is 1.37. The van der Waals surface area contributed by atoms with Gasteiger partial charge in [0.1, 0.15) is 16.6 Å². The first-order chi connectivity index (χ1) is 8.58. The minimum Gasteiger partial charge on any atom is -0.276 e. The summed E-state index contributed by atoms with van der Waals surface area (Å²) in [7, 11) is 0. The van der Waals surface area contributed by atoms with Crippen LogP contribution in [0.2, 0.25) is 0 Å². The van der Waals surface area contributed by atoms with Crippen LogP contribution in [0.1, 0.15) is 5.56 Å². The summed E-state index contributed by atoms with van der Waals surface area (Å²) in [5.74, 6) is 0. The van der Waals surface area contributed by atoms with Crippen molar-refractivity contribution in [3.05, 3.63) is 34.3 Å². The van der Waals surface area contributed by atoms with Crippen LogP contribution in [0.3, 0.4) is 0 Å². The molecule has 0 saturated carbocycles. The summed E-state index contributed by atoms with van der Waals surface area (Å²) in [6.45, 7) is 0. The van der Waals surface area contributed by atoms with Crippen LogP contribution < -0.4 is 5.43 Å². The molecule has 0 aliphatic heterocycles. The molecule has 0 fully saturated rings. The molecule has 0 aromatic heterocycles. The van der Waals surface area contributed by atoms with Gasteiger partial charge in [0, 0.05) is 0 Å². The first kappa shape index (κ1) is 14.3. The normalized spacial score (nSPS) is 8.72. The van der Waals surface area contributed by atoms with Crippen LogP contribution in [-0.4, -0.2) is 5.71 Å². The van der Waals surface area contributed by atoms with E-state index in [9.17, 15) is 0 Å². The Morgan fingerprint density at radius 3 is 2.39 bits per heavy atom. The first-order valence-electron chi connectivity index (χ1n) is 4.53. The SMILES string of the molecule is N#CC(C#N)=NNc1cccc(C(Cl)=C(Cl)Cl)c1. The number of hydrazone groups is 1. The van der Waals surface area contributed by atoms with Crippen LogP contribution in [0.15, 0.2) is 33.9 Å². The number of nitriles is 2. The summed E-state index contributed by atoms with van der Waals surface area (Å²) in [6.07, 6.45) is 0. The van der Waals surface area contributed by atoms with Crippen molar-refractivity contribution in [2.45, 2.75) is 0 Å². The maximum Gasteiger partial charge on any atom is 0.237 e. The van der Waals surface area contributed by atoms with E-state index in [1.807, 2.05) is 0 Å². The maximum atomic E-state index is 8.51. The summed E-state index contributed by atoms with van der Waals surface area (Å²) in [6, 6.07) is 9.97. The Bertz CT molecular complexity index is 573. The lowest BCUT2D eigenvalue weighted by Gasteiger charge is -2.03. The number of benzene rings is 1. The quantitative estimate of drug-likeness (QED) is 0.680. The Hall–Kier alpha value is -1.72. The van der Waals surface area contributed by atoms with Crippen LogP contribution in [0.4, 0.5) is 5.69 Å². The molecule has 0 spiro atoms. The molecule has 7 heteroatoms. The van der Waals surface area contributed by atoms with Gasteiger partial charge in [-0.3, -0.25) is 5.43 Å². The number of rotatable bonds is 3. The zero-order valence-corrected chi connectivity index (χ0v) is 11.1. The molecule has 1 N–H and O–H groups in total. The predicted octanol–water partition coefficient (Wildman–Crippen LogP) is 3.84. The summed E-state index contributed by atoms with van der Waals surface area (Å²) >= 11 is 17.0. The minimum atomic E-state index is -0.280. The number of anilines is 1. The Morgan fingerprint density at radius 2 is 1.83 bits per heavy atom. The highest BCUT2D eigenvalue weighted by Gasteiger charge is 2.04. The van der Waals surface area contributed by atoms with E-state index in [1.165, 1.54) is 0 Å². The molecular formula is C11H5Cl3N4. The molecule has 0 radical (unpaired) electrons. The van der Waals surface area contributed by atoms with E-state index in [-0.39, 0.29) is 15.2 Å². The van der Waals surface area contributed by atoms with Gasteiger partial charge >= 0.3 is 0 Å². The molecule has 0 amide bonds. The average molecular weight is 300 g/mol. The van der Waals surface area contributed by atoms with Gasteiger partial charge in [0.2, 0.25) is 5.71 Å². The molecule has 0 bridgehead atoms. The van der Waals surface area contributed by atoms with E-state index in [2.05, 4.69) is 10.5 Å². The van der Waals surface area contributed by atoms with Gasteiger partial charge in [-0.1, -0.05) is 46.9 Å². The van der Waals surface area contributed by atoms with E-state index in [4.69, 9.17) is 45.3 Å². The van der Waals surface area contributed by atoms with Gasteiger partial charge in [0.05, 0.1) is 10.7 Å². The third-order valence-electron chi connectivity index (χ3n) is 1.79. The van der Waals surface area contributed by atoms with Crippen LogP contribution in [0.25, 0.3) is 5.03 Å². The Morgan fingerprint density at radius 1 is 1.17 bits per heavy atom. The van der Waals surface area contributed by atoms with E-state index in [0.29, 0.717) is 11.3 Å². The van der Waals surface area contributed by atoms with Gasteiger partial charge in [-0.05, 0) is 17.7 Å². The molecule has 1 aromatic carbocycles. The lowest BCUT2D eigenvalue weighted by atomic mass is 10.2. The van der Waals surface area contributed by atoms with Crippen molar-refractivity contribution >= 4 is 51.2 Å². The number of halogens is 3. The highest BCUT2D eigenvalue weighted by molar-refractivity contribution is 6.66. The largest absolute Gasteiger partial charge is 0.276 e. The molecule has 0 aliphatic carbocycles. The molecule has 0 aliphatic rings. The van der Waals surface area contributed by atoms with Crippen LogP contribution in [0.5, 0.6) is 0 Å². The Labute approximate surface area is 119 Å². The lowest BCUT2D eigenvalue weighted by Crippen LogP contribution is -1.96. The van der Waals surface area contributed by atoms with Crippen molar-refractivity contribution in [1.82, 2.24) is 0 Å². The topological polar surface area (TPSA) is 72.0 Å². The van der Waals surface area contributed by atoms with Gasteiger partial charge in [-0.2, -0.15) is 15.6 Å². The van der Waals surface area contributed by atoms with Gasteiger partial charge in [-0.25, -0.2) is 0 Å². The van der Waals surface area contributed by atoms with E-state index >= 15 is 0 Å². The van der Waals surface area contributed by atoms with Gasteiger partial charge in [0.25, 0.3) is 0 Å². The van der Waals surface area contributed by atoms with Crippen molar-refractivity contribution < 1.29 is 0 Å². The van der Waals surface area contributed by atoms with Crippen molar-refractivity contribution in [3.63, 3.8) is 0 Å². The van der Waals surface area contributed by atoms with Crippen molar-refractivity contribution in [2.75, 3.05) is 5.43 Å². The highest BCUT2D eigenvalue weighted by Crippen LogP contribution is 2.29. The number of hydrogen-bond acceptors (Lipinski definition) is 4.